The average molecular weight is 460 g/mol. The number of aromatic amines is 3. The van der Waals surface area contributed by atoms with Crippen molar-refractivity contribution in [2.45, 2.75) is 119 Å². The predicted molar refractivity (Wildman–Crippen MR) is 134 cm³/mol. The van der Waals surface area contributed by atoms with Gasteiger partial charge in [0.05, 0.1) is 0 Å². The third kappa shape index (κ3) is 9.43. The van der Waals surface area contributed by atoms with Gasteiger partial charge in [-0.3, -0.25) is 15.3 Å². The number of aromatic nitrogens is 9. The van der Waals surface area contributed by atoms with Gasteiger partial charge in [-0.1, -0.05) is 83.1 Å². The van der Waals surface area contributed by atoms with Gasteiger partial charge in [-0.25, -0.2) is 15.0 Å². The molecule has 0 aliphatic carbocycles. The molecule has 9 heteroatoms. The molecule has 0 aromatic carbocycles. The Bertz CT molecular complexity index is 727. The predicted octanol–water partition coefficient (Wildman–Crippen LogP) is 6.15. The molecule has 0 saturated heterocycles. The maximum atomic E-state index is 4.34. The fraction of sp³-hybridized carbons (Fsp3) is 0.750. The van der Waals surface area contributed by atoms with Gasteiger partial charge in [-0.15, -0.1) is 0 Å². The first-order valence-electron chi connectivity index (χ1n) is 12.1. The lowest BCUT2D eigenvalue weighted by atomic mass is 10.2. The standard InChI is InChI=1S/3C8H15N3/c3*1-5(2)7-9-8(6(3)4)11-10-7/h3*5-6H,1-4H3,(H,9,10,11). The van der Waals surface area contributed by atoms with Crippen molar-refractivity contribution in [2.75, 3.05) is 0 Å². The summed E-state index contributed by atoms with van der Waals surface area (Å²) in [5.74, 6) is 8.24. The van der Waals surface area contributed by atoms with Crippen molar-refractivity contribution in [1.82, 2.24) is 45.5 Å². The van der Waals surface area contributed by atoms with Gasteiger partial charge in [0, 0.05) is 35.5 Å². The van der Waals surface area contributed by atoms with Gasteiger partial charge < -0.3 is 0 Å². The number of nitrogens with one attached hydrogen (secondary N) is 3. The maximum Gasteiger partial charge on any atom is 0.153 e. The van der Waals surface area contributed by atoms with E-state index in [0.717, 1.165) is 34.9 Å². The number of H-pyrrole nitrogens is 3. The zero-order valence-electron chi connectivity index (χ0n) is 22.6. The highest BCUT2D eigenvalue weighted by Gasteiger charge is 2.10. The summed E-state index contributed by atoms with van der Waals surface area (Å²) in [6, 6.07) is 0. The molecule has 0 unspecified atom stereocenters. The average Bonchev–Trinajstić information content (AvgIpc) is 3.49. The summed E-state index contributed by atoms with van der Waals surface area (Å²) in [7, 11) is 0. The lowest BCUT2D eigenvalue weighted by molar-refractivity contribution is 0.769. The van der Waals surface area contributed by atoms with Crippen molar-refractivity contribution < 1.29 is 0 Å². The van der Waals surface area contributed by atoms with E-state index in [9.17, 15) is 0 Å². The van der Waals surface area contributed by atoms with Crippen molar-refractivity contribution >= 4 is 0 Å². The van der Waals surface area contributed by atoms with Crippen molar-refractivity contribution in [3.63, 3.8) is 0 Å². The van der Waals surface area contributed by atoms with E-state index in [1.165, 1.54) is 0 Å². The van der Waals surface area contributed by atoms with Gasteiger partial charge in [0.15, 0.2) is 17.5 Å². The molecule has 0 aliphatic rings. The Hall–Kier alpha value is -2.58. The second-order valence-electron chi connectivity index (χ2n) is 10.2. The second kappa shape index (κ2) is 13.2. The Morgan fingerprint density at radius 3 is 0.667 bits per heavy atom. The summed E-state index contributed by atoms with van der Waals surface area (Å²) in [6.45, 7) is 25.2. The van der Waals surface area contributed by atoms with Gasteiger partial charge in [-0.05, 0) is 0 Å². The lowest BCUT2D eigenvalue weighted by Gasteiger charge is -1.96. The van der Waals surface area contributed by atoms with E-state index in [1.54, 1.807) is 0 Å². The SMILES string of the molecule is CC(C)c1n[nH]c(C(C)C)n1.CC(C)c1n[nH]c(C(C)C)n1.CC(C)c1n[nH]c(C(C)C)n1. The summed E-state index contributed by atoms with van der Waals surface area (Å²) >= 11 is 0. The van der Waals surface area contributed by atoms with Crippen LogP contribution in [0.1, 0.15) is 154 Å². The molecule has 33 heavy (non-hydrogen) atoms. The molecule has 3 rings (SSSR count). The Kier molecular flexibility index (Phi) is 11.4. The summed E-state index contributed by atoms with van der Waals surface area (Å²) in [5.41, 5.74) is 0. The van der Waals surface area contributed by atoms with E-state index >= 15 is 0 Å². The molecule has 0 radical (unpaired) electrons. The van der Waals surface area contributed by atoms with E-state index in [2.05, 4.69) is 129 Å². The summed E-state index contributed by atoms with van der Waals surface area (Å²) in [5, 5.41) is 21.1. The smallest absolute Gasteiger partial charge is 0.153 e. The fourth-order valence-corrected chi connectivity index (χ4v) is 2.41. The third-order valence-electron chi connectivity index (χ3n) is 4.75. The summed E-state index contributed by atoms with van der Waals surface area (Å²) < 4.78 is 0. The summed E-state index contributed by atoms with van der Waals surface area (Å²) in [6.07, 6.45) is 0. The molecular weight excluding hydrogens is 414 g/mol. The molecule has 0 saturated carbocycles. The van der Waals surface area contributed by atoms with Crippen molar-refractivity contribution in [1.29, 1.82) is 0 Å². The Morgan fingerprint density at radius 2 is 0.576 bits per heavy atom. The number of rotatable bonds is 6. The van der Waals surface area contributed by atoms with Crippen LogP contribution in [0.15, 0.2) is 0 Å². The van der Waals surface area contributed by atoms with Crippen LogP contribution in [-0.2, 0) is 0 Å². The van der Waals surface area contributed by atoms with E-state index in [1.807, 2.05) is 0 Å². The Balaban J connectivity index is 0.000000247. The van der Waals surface area contributed by atoms with Gasteiger partial charge in [-0.2, -0.15) is 15.3 Å². The minimum atomic E-state index is 0.416. The minimum absolute atomic E-state index is 0.416. The van der Waals surface area contributed by atoms with Crippen LogP contribution in [0.5, 0.6) is 0 Å². The van der Waals surface area contributed by atoms with Crippen LogP contribution in [0.25, 0.3) is 0 Å². The highest BCUT2D eigenvalue weighted by molar-refractivity contribution is 4.99. The van der Waals surface area contributed by atoms with Crippen LogP contribution in [0.4, 0.5) is 0 Å². The van der Waals surface area contributed by atoms with Crippen LogP contribution in [0.3, 0.4) is 0 Å². The van der Waals surface area contributed by atoms with Crippen LogP contribution in [-0.4, -0.2) is 45.5 Å². The molecule has 0 bridgehead atoms. The maximum absolute atomic E-state index is 4.34. The number of hydrogen-bond acceptors (Lipinski definition) is 6. The molecule has 0 fully saturated rings. The van der Waals surface area contributed by atoms with Crippen LogP contribution >= 0.6 is 0 Å². The Morgan fingerprint density at radius 1 is 0.364 bits per heavy atom. The van der Waals surface area contributed by atoms with Gasteiger partial charge >= 0.3 is 0 Å². The molecule has 3 aromatic rings. The highest BCUT2D eigenvalue weighted by atomic mass is 15.2. The van der Waals surface area contributed by atoms with Gasteiger partial charge in [0.25, 0.3) is 0 Å². The molecule has 0 spiro atoms. The summed E-state index contributed by atoms with van der Waals surface area (Å²) in [4.78, 5) is 13.0. The molecule has 3 aromatic heterocycles. The van der Waals surface area contributed by atoms with E-state index in [-0.39, 0.29) is 0 Å². The monoisotopic (exact) mass is 459 g/mol. The molecule has 3 heterocycles. The molecule has 186 valence electrons. The van der Waals surface area contributed by atoms with E-state index in [0.29, 0.717) is 35.5 Å². The number of nitrogens with zero attached hydrogens (tertiary/aromatic N) is 6. The highest BCUT2D eigenvalue weighted by Crippen LogP contribution is 2.14. The van der Waals surface area contributed by atoms with Gasteiger partial charge in [0.1, 0.15) is 17.5 Å². The molecule has 0 aliphatic heterocycles. The first kappa shape index (κ1) is 28.5. The molecule has 9 nitrogen and oxygen atoms in total. The van der Waals surface area contributed by atoms with E-state index in [4.69, 9.17) is 0 Å². The molecule has 0 amide bonds. The normalized spacial score (nSPS) is 11.5. The quantitative estimate of drug-likeness (QED) is 0.406. The van der Waals surface area contributed by atoms with Crippen molar-refractivity contribution in [3.05, 3.63) is 34.9 Å². The molecule has 0 atom stereocenters. The lowest BCUT2D eigenvalue weighted by Crippen LogP contribution is -1.92. The minimum Gasteiger partial charge on any atom is -0.263 e. The topological polar surface area (TPSA) is 125 Å². The zero-order chi connectivity index (χ0) is 25.3. The zero-order valence-corrected chi connectivity index (χ0v) is 22.6. The van der Waals surface area contributed by atoms with Crippen molar-refractivity contribution in [2.24, 2.45) is 0 Å². The van der Waals surface area contributed by atoms with Crippen LogP contribution in [0.2, 0.25) is 0 Å². The van der Waals surface area contributed by atoms with Gasteiger partial charge in [0.2, 0.25) is 0 Å². The fourth-order valence-electron chi connectivity index (χ4n) is 2.41. The second-order valence-corrected chi connectivity index (χ2v) is 10.2. The molecular formula is C24H45N9. The van der Waals surface area contributed by atoms with Crippen LogP contribution < -0.4 is 0 Å². The number of hydrogen-bond donors (Lipinski definition) is 3. The van der Waals surface area contributed by atoms with Crippen LogP contribution in [0, 0.1) is 0 Å². The molecule has 3 N–H and O–H groups in total. The largest absolute Gasteiger partial charge is 0.263 e. The van der Waals surface area contributed by atoms with E-state index < -0.39 is 0 Å². The first-order chi connectivity index (χ1) is 15.3. The Labute approximate surface area is 199 Å². The third-order valence-corrected chi connectivity index (χ3v) is 4.75. The first-order valence-corrected chi connectivity index (χ1v) is 12.1. The van der Waals surface area contributed by atoms with Crippen molar-refractivity contribution in [3.8, 4) is 0 Å².